The first-order valence-electron chi connectivity index (χ1n) is 10.4. The maximum absolute atomic E-state index is 12.9. The van der Waals surface area contributed by atoms with Crippen LogP contribution in [0.5, 0.6) is 11.5 Å². The Kier molecular flexibility index (Phi) is 6.17. The summed E-state index contributed by atoms with van der Waals surface area (Å²) in [6.45, 7) is 0.0930. The number of anilines is 1. The van der Waals surface area contributed by atoms with E-state index in [0.717, 1.165) is 0 Å². The third kappa shape index (κ3) is 4.72. The van der Waals surface area contributed by atoms with Crippen LogP contribution < -0.4 is 14.2 Å². The summed E-state index contributed by atoms with van der Waals surface area (Å²) in [6, 6.07) is 6.42. The molecule has 4 aromatic rings. The molecule has 35 heavy (non-hydrogen) atoms. The van der Waals surface area contributed by atoms with Gasteiger partial charge >= 0.3 is 0 Å². The van der Waals surface area contributed by atoms with Crippen LogP contribution in [-0.4, -0.2) is 62.6 Å². The lowest BCUT2D eigenvalue weighted by atomic mass is 10.1. The molecule has 0 fully saturated rings. The summed E-state index contributed by atoms with van der Waals surface area (Å²) in [5.74, 6) is 1.86. The molecule has 1 N–H and O–H groups in total. The smallest absolute Gasteiger partial charge is 0.239 e. The summed E-state index contributed by atoms with van der Waals surface area (Å²) in [5.41, 5.74) is 0.593. The highest BCUT2D eigenvalue weighted by molar-refractivity contribution is 7.92. The highest BCUT2D eigenvalue weighted by atomic mass is 35.5. The number of hydrogen-bond donors (Lipinski definition) is 1. The second-order valence-electron chi connectivity index (χ2n) is 7.48. The Morgan fingerprint density at radius 3 is 2.66 bits per heavy atom. The number of para-hydroxylation sites is 1. The molecule has 0 spiro atoms. The van der Waals surface area contributed by atoms with Crippen LogP contribution in [0.2, 0.25) is 5.02 Å². The second-order valence-corrected chi connectivity index (χ2v) is 9.75. The van der Waals surface area contributed by atoms with Crippen LogP contribution in [-0.2, 0) is 16.4 Å². The molecular formula is C21H19ClN8O4S. The van der Waals surface area contributed by atoms with E-state index >= 15 is 0 Å². The highest BCUT2D eigenvalue weighted by Gasteiger charge is 2.33. The van der Waals surface area contributed by atoms with E-state index < -0.39 is 16.1 Å². The first-order valence-corrected chi connectivity index (χ1v) is 12.5. The van der Waals surface area contributed by atoms with Crippen molar-refractivity contribution in [2.24, 2.45) is 0 Å². The number of methoxy groups -OCH3 is 1. The standard InChI is InChI=1S/C21H19ClN8O4S/c1-33-16-5-2-4-14-18(16)34-12-15(19-23-7-3-8-24-19)30-20(14)27-28-21(30)29-35(31,32)9-6-17-25-10-13(22)11-26-17/h2-5,7-8,10-11,15H,6,9,12H2,1H3,(H,28,29)/t15-/m1/s1. The van der Waals surface area contributed by atoms with E-state index in [0.29, 0.717) is 39.6 Å². The van der Waals surface area contributed by atoms with E-state index in [1.165, 1.54) is 19.5 Å². The molecule has 1 aromatic carbocycles. The number of nitrogens with one attached hydrogen (secondary N) is 1. The zero-order valence-electron chi connectivity index (χ0n) is 18.4. The molecule has 0 aliphatic carbocycles. The van der Waals surface area contributed by atoms with Crippen LogP contribution in [0, 0.1) is 0 Å². The number of benzene rings is 1. The lowest BCUT2D eigenvalue weighted by Gasteiger charge is -2.18. The summed E-state index contributed by atoms with van der Waals surface area (Å²) in [5, 5.41) is 8.79. The number of aromatic nitrogens is 7. The minimum atomic E-state index is -3.85. The fourth-order valence-electron chi connectivity index (χ4n) is 3.63. The molecule has 1 aliphatic rings. The van der Waals surface area contributed by atoms with Crippen LogP contribution in [0.4, 0.5) is 5.95 Å². The highest BCUT2D eigenvalue weighted by Crippen LogP contribution is 2.42. The normalized spacial score (nSPS) is 14.9. The molecule has 12 nitrogen and oxygen atoms in total. The van der Waals surface area contributed by atoms with Gasteiger partial charge in [-0.3, -0.25) is 9.29 Å². The van der Waals surface area contributed by atoms with Gasteiger partial charge in [-0.2, -0.15) is 0 Å². The molecule has 1 aliphatic heterocycles. The molecule has 0 saturated carbocycles. The Balaban J connectivity index is 1.52. The van der Waals surface area contributed by atoms with Crippen LogP contribution in [0.15, 0.2) is 49.1 Å². The first kappa shape index (κ1) is 22.9. The predicted molar refractivity (Wildman–Crippen MR) is 126 cm³/mol. The predicted octanol–water partition coefficient (Wildman–Crippen LogP) is 2.15. The van der Waals surface area contributed by atoms with Crippen molar-refractivity contribution in [3.05, 3.63) is 65.7 Å². The van der Waals surface area contributed by atoms with Crippen molar-refractivity contribution >= 4 is 27.6 Å². The molecule has 180 valence electrons. The monoisotopic (exact) mass is 514 g/mol. The first-order chi connectivity index (χ1) is 16.9. The van der Waals surface area contributed by atoms with E-state index in [2.05, 4.69) is 34.9 Å². The topological polar surface area (TPSA) is 147 Å². The lowest BCUT2D eigenvalue weighted by Crippen LogP contribution is -2.25. The number of fused-ring (bicyclic) bond motifs is 3. The molecule has 0 saturated heterocycles. The molecule has 0 unspecified atom stereocenters. The second kappa shape index (κ2) is 9.43. The van der Waals surface area contributed by atoms with E-state index in [4.69, 9.17) is 21.1 Å². The van der Waals surface area contributed by atoms with Gasteiger partial charge < -0.3 is 9.47 Å². The molecule has 0 radical (unpaired) electrons. The van der Waals surface area contributed by atoms with E-state index in [1.54, 1.807) is 41.2 Å². The molecule has 3 aromatic heterocycles. The van der Waals surface area contributed by atoms with Crippen molar-refractivity contribution in [3.63, 3.8) is 0 Å². The third-order valence-electron chi connectivity index (χ3n) is 5.23. The van der Waals surface area contributed by atoms with Gasteiger partial charge in [0.25, 0.3) is 0 Å². The maximum atomic E-state index is 12.9. The number of halogens is 1. The van der Waals surface area contributed by atoms with Gasteiger partial charge in [0, 0.05) is 31.2 Å². The van der Waals surface area contributed by atoms with Crippen molar-refractivity contribution < 1.29 is 17.9 Å². The minimum Gasteiger partial charge on any atom is -0.493 e. The zero-order valence-corrected chi connectivity index (χ0v) is 19.9. The molecule has 5 rings (SSSR count). The van der Waals surface area contributed by atoms with Crippen molar-refractivity contribution in [2.45, 2.75) is 12.5 Å². The number of aryl methyl sites for hydroxylation is 1. The third-order valence-corrected chi connectivity index (χ3v) is 6.66. The fraction of sp³-hybridized carbons (Fsp3) is 0.238. The maximum Gasteiger partial charge on any atom is 0.239 e. The fourth-order valence-corrected chi connectivity index (χ4v) is 4.70. The van der Waals surface area contributed by atoms with Crippen LogP contribution >= 0.6 is 11.6 Å². The van der Waals surface area contributed by atoms with Crippen molar-refractivity contribution in [1.82, 2.24) is 34.7 Å². The average Bonchev–Trinajstić information content (AvgIpc) is 3.18. The van der Waals surface area contributed by atoms with Crippen molar-refractivity contribution in [3.8, 4) is 22.9 Å². The summed E-state index contributed by atoms with van der Waals surface area (Å²) < 4.78 is 41.6. The van der Waals surface area contributed by atoms with E-state index in [-0.39, 0.29) is 24.7 Å². The van der Waals surface area contributed by atoms with Crippen LogP contribution in [0.25, 0.3) is 11.4 Å². The summed E-state index contributed by atoms with van der Waals surface area (Å²) in [6.07, 6.45) is 6.11. The van der Waals surface area contributed by atoms with Gasteiger partial charge in [0.05, 0.1) is 23.4 Å². The molecule has 0 bridgehead atoms. The van der Waals surface area contributed by atoms with E-state index in [1.807, 2.05) is 0 Å². The van der Waals surface area contributed by atoms with Crippen LogP contribution in [0.3, 0.4) is 0 Å². The van der Waals surface area contributed by atoms with Gasteiger partial charge in [-0.1, -0.05) is 17.7 Å². The SMILES string of the molecule is COc1cccc2c1OC[C@H](c1ncccn1)n1c(NS(=O)(=O)CCc3ncc(Cl)cn3)nnc1-2. The minimum absolute atomic E-state index is 0.00810. The van der Waals surface area contributed by atoms with Gasteiger partial charge in [0.2, 0.25) is 16.0 Å². The summed E-state index contributed by atoms with van der Waals surface area (Å²) >= 11 is 5.79. The average molecular weight is 515 g/mol. The Labute approximate surface area is 205 Å². The molecule has 1 atom stereocenters. The summed E-state index contributed by atoms with van der Waals surface area (Å²) in [7, 11) is -2.31. The van der Waals surface area contributed by atoms with Gasteiger partial charge in [0.1, 0.15) is 18.5 Å². The number of rotatable bonds is 7. The number of nitrogens with zero attached hydrogens (tertiary/aromatic N) is 7. The van der Waals surface area contributed by atoms with Gasteiger partial charge in [-0.25, -0.2) is 28.4 Å². The Bertz CT molecular complexity index is 1450. The van der Waals surface area contributed by atoms with Crippen molar-refractivity contribution in [2.75, 3.05) is 24.2 Å². The Morgan fingerprint density at radius 2 is 1.91 bits per heavy atom. The Hall–Kier alpha value is -3.84. The lowest BCUT2D eigenvalue weighted by molar-refractivity contribution is 0.262. The summed E-state index contributed by atoms with van der Waals surface area (Å²) in [4.78, 5) is 16.8. The number of hydrogen-bond acceptors (Lipinski definition) is 10. The van der Waals surface area contributed by atoms with Gasteiger partial charge in [-0.15, -0.1) is 10.2 Å². The van der Waals surface area contributed by atoms with Gasteiger partial charge in [0.15, 0.2) is 23.1 Å². The Morgan fingerprint density at radius 1 is 1.14 bits per heavy atom. The quantitative estimate of drug-likeness (QED) is 0.389. The molecular weight excluding hydrogens is 496 g/mol. The number of sulfonamides is 1. The number of ether oxygens (including phenoxy) is 2. The van der Waals surface area contributed by atoms with Crippen LogP contribution in [0.1, 0.15) is 17.7 Å². The van der Waals surface area contributed by atoms with Gasteiger partial charge in [-0.05, 0) is 18.2 Å². The molecule has 14 heteroatoms. The van der Waals surface area contributed by atoms with Crippen molar-refractivity contribution in [1.29, 1.82) is 0 Å². The zero-order chi connectivity index (χ0) is 24.4. The van der Waals surface area contributed by atoms with E-state index in [9.17, 15) is 8.42 Å². The largest absolute Gasteiger partial charge is 0.493 e. The molecule has 4 heterocycles. The molecule has 0 amide bonds.